The smallest absolute Gasteiger partial charge is 0.225 e. The van der Waals surface area contributed by atoms with Gasteiger partial charge in [-0.15, -0.1) is 12.4 Å². The summed E-state index contributed by atoms with van der Waals surface area (Å²) in [5, 5.41) is 0. The van der Waals surface area contributed by atoms with E-state index in [2.05, 4.69) is 13.8 Å². The number of carbonyl (C=O) groups is 1. The quantitative estimate of drug-likeness (QED) is 0.817. The lowest BCUT2D eigenvalue weighted by atomic mass is 10.1. The third kappa shape index (κ3) is 4.45. The van der Waals surface area contributed by atoms with Crippen LogP contribution in [0.4, 0.5) is 0 Å². The molecule has 0 saturated carbocycles. The van der Waals surface area contributed by atoms with E-state index in [4.69, 9.17) is 10.5 Å². The van der Waals surface area contributed by atoms with E-state index in [1.165, 1.54) is 0 Å². The molecule has 3 unspecified atom stereocenters. The van der Waals surface area contributed by atoms with Gasteiger partial charge < -0.3 is 15.4 Å². The van der Waals surface area contributed by atoms with Gasteiger partial charge in [0.25, 0.3) is 0 Å². The average Bonchev–Trinajstić information content (AvgIpc) is 2.67. The fourth-order valence-electron chi connectivity index (χ4n) is 2.42. The van der Waals surface area contributed by atoms with Gasteiger partial charge in [0.15, 0.2) is 0 Å². The lowest BCUT2D eigenvalue weighted by molar-refractivity contribution is -0.134. The molecule has 0 aromatic carbocycles. The number of ether oxygens (including phenoxy) is 1. The second-order valence-corrected chi connectivity index (χ2v) is 4.75. The van der Waals surface area contributed by atoms with Crippen molar-refractivity contribution >= 4 is 18.3 Å². The fourth-order valence-corrected chi connectivity index (χ4v) is 2.42. The predicted molar refractivity (Wildman–Crippen MR) is 71.3 cm³/mol. The van der Waals surface area contributed by atoms with Crippen LogP contribution in [0.3, 0.4) is 0 Å². The standard InChI is InChI=1S/C12H24N2O2.ClH/c1-4-10-5-9(2)8-14(10)12(15)6-11(7-13)16-3;/h9-11H,4-8,13H2,1-3H3;1H. The Morgan fingerprint density at radius 1 is 1.59 bits per heavy atom. The molecule has 1 fully saturated rings. The van der Waals surface area contributed by atoms with Crippen LogP contribution in [-0.2, 0) is 9.53 Å². The van der Waals surface area contributed by atoms with Crippen LogP contribution in [0.25, 0.3) is 0 Å². The average molecular weight is 265 g/mol. The summed E-state index contributed by atoms with van der Waals surface area (Å²) in [6, 6.07) is 0.415. The first-order chi connectivity index (χ1) is 7.62. The van der Waals surface area contributed by atoms with Crippen molar-refractivity contribution in [3.63, 3.8) is 0 Å². The number of methoxy groups -OCH3 is 1. The molecule has 1 heterocycles. The molecule has 4 nitrogen and oxygen atoms in total. The Labute approximate surface area is 110 Å². The van der Waals surface area contributed by atoms with Crippen molar-refractivity contribution < 1.29 is 9.53 Å². The Balaban J connectivity index is 0.00000256. The van der Waals surface area contributed by atoms with Crippen LogP contribution in [0.2, 0.25) is 0 Å². The number of hydrogen-bond acceptors (Lipinski definition) is 3. The van der Waals surface area contributed by atoms with E-state index in [1.807, 2.05) is 4.90 Å². The molecule has 2 N–H and O–H groups in total. The SMILES string of the molecule is CCC1CC(C)CN1C(=O)CC(CN)OC.Cl. The highest BCUT2D eigenvalue weighted by molar-refractivity contribution is 5.85. The minimum Gasteiger partial charge on any atom is -0.380 e. The highest BCUT2D eigenvalue weighted by Crippen LogP contribution is 2.25. The zero-order chi connectivity index (χ0) is 12.1. The molecule has 1 saturated heterocycles. The zero-order valence-electron chi connectivity index (χ0n) is 11.0. The van der Waals surface area contributed by atoms with Crippen LogP contribution in [0.1, 0.15) is 33.1 Å². The topological polar surface area (TPSA) is 55.6 Å². The van der Waals surface area contributed by atoms with Gasteiger partial charge in [-0.25, -0.2) is 0 Å². The number of nitrogens with zero attached hydrogens (tertiary/aromatic N) is 1. The molecular weight excluding hydrogens is 240 g/mol. The maximum atomic E-state index is 12.1. The molecule has 0 spiro atoms. The summed E-state index contributed by atoms with van der Waals surface area (Å²) in [5.41, 5.74) is 5.53. The second-order valence-electron chi connectivity index (χ2n) is 4.75. The highest BCUT2D eigenvalue weighted by Gasteiger charge is 2.32. The largest absolute Gasteiger partial charge is 0.380 e. The molecule has 17 heavy (non-hydrogen) atoms. The van der Waals surface area contributed by atoms with Gasteiger partial charge in [-0.3, -0.25) is 4.79 Å². The van der Waals surface area contributed by atoms with E-state index in [9.17, 15) is 4.79 Å². The maximum Gasteiger partial charge on any atom is 0.225 e. The summed E-state index contributed by atoms with van der Waals surface area (Å²) in [4.78, 5) is 14.1. The van der Waals surface area contributed by atoms with E-state index in [-0.39, 0.29) is 24.4 Å². The van der Waals surface area contributed by atoms with Gasteiger partial charge in [0.05, 0.1) is 12.5 Å². The van der Waals surface area contributed by atoms with E-state index in [1.54, 1.807) is 7.11 Å². The summed E-state index contributed by atoms with van der Waals surface area (Å²) in [6.07, 6.45) is 2.44. The number of hydrogen-bond donors (Lipinski definition) is 1. The number of rotatable bonds is 5. The van der Waals surface area contributed by atoms with Crippen LogP contribution in [-0.4, -0.2) is 43.2 Å². The van der Waals surface area contributed by atoms with Crippen molar-refractivity contribution in [3.8, 4) is 0 Å². The molecular formula is C12H25ClN2O2. The maximum absolute atomic E-state index is 12.1. The first-order valence-electron chi connectivity index (χ1n) is 6.14. The lowest BCUT2D eigenvalue weighted by Crippen LogP contribution is -2.39. The van der Waals surface area contributed by atoms with Crippen molar-refractivity contribution in [3.05, 3.63) is 0 Å². The molecule has 1 amide bonds. The van der Waals surface area contributed by atoms with Gasteiger partial charge in [0.2, 0.25) is 5.91 Å². The molecule has 1 rings (SSSR count). The van der Waals surface area contributed by atoms with E-state index < -0.39 is 0 Å². The van der Waals surface area contributed by atoms with Crippen molar-refractivity contribution in [2.75, 3.05) is 20.2 Å². The summed E-state index contributed by atoms with van der Waals surface area (Å²) >= 11 is 0. The minimum absolute atomic E-state index is 0. The van der Waals surface area contributed by atoms with Gasteiger partial charge in [0, 0.05) is 26.2 Å². The third-order valence-electron chi connectivity index (χ3n) is 3.41. The first-order valence-corrected chi connectivity index (χ1v) is 6.14. The Hall–Kier alpha value is -0.320. The Bertz CT molecular complexity index is 235. The number of carbonyl (C=O) groups excluding carboxylic acids is 1. The molecule has 102 valence electrons. The molecule has 0 aliphatic carbocycles. The van der Waals surface area contributed by atoms with Crippen LogP contribution < -0.4 is 5.73 Å². The minimum atomic E-state index is -0.138. The predicted octanol–water partition coefficient (Wildman–Crippen LogP) is 1.42. The number of nitrogens with two attached hydrogens (primary N) is 1. The summed E-state index contributed by atoms with van der Waals surface area (Å²) < 4.78 is 5.15. The van der Waals surface area contributed by atoms with Crippen molar-refractivity contribution in [2.45, 2.75) is 45.3 Å². The van der Waals surface area contributed by atoms with Gasteiger partial charge in [-0.2, -0.15) is 0 Å². The second kappa shape index (κ2) is 7.90. The normalized spacial score (nSPS) is 25.5. The van der Waals surface area contributed by atoms with E-state index in [0.29, 0.717) is 24.9 Å². The van der Waals surface area contributed by atoms with Gasteiger partial charge in [-0.05, 0) is 18.8 Å². The van der Waals surface area contributed by atoms with E-state index in [0.717, 1.165) is 19.4 Å². The summed E-state index contributed by atoms with van der Waals surface area (Å²) in [6.45, 7) is 5.63. The number of amides is 1. The molecule has 0 aromatic rings. The van der Waals surface area contributed by atoms with E-state index >= 15 is 0 Å². The molecule has 0 aromatic heterocycles. The molecule has 1 aliphatic rings. The van der Waals surface area contributed by atoms with Crippen LogP contribution in [0.5, 0.6) is 0 Å². The van der Waals surface area contributed by atoms with Crippen molar-refractivity contribution in [1.82, 2.24) is 4.90 Å². The van der Waals surface area contributed by atoms with Gasteiger partial charge in [0.1, 0.15) is 0 Å². The monoisotopic (exact) mass is 264 g/mol. The zero-order valence-corrected chi connectivity index (χ0v) is 11.8. The molecule has 0 bridgehead atoms. The molecule has 1 aliphatic heterocycles. The Morgan fingerprint density at radius 2 is 2.24 bits per heavy atom. The molecule has 5 heteroatoms. The van der Waals surface area contributed by atoms with Gasteiger partial charge >= 0.3 is 0 Å². The van der Waals surface area contributed by atoms with Crippen molar-refractivity contribution in [1.29, 1.82) is 0 Å². The first kappa shape index (κ1) is 16.7. The Morgan fingerprint density at radius 3 is 2.71 bits per heavy atom. The van der Waals surface area contributed by atoms with Crippen molar-refractivity contribution in [2.24, 2.45) is 11.7 Å². The number of halogens is 1. The Kier molecular flexibility index (Phi) is 7.75. The summed E-state index contributed by atoms with van der Waals surface area (Å²) in [5.74, 6) is 0.807. The van der Waals surface area contributed by atoms with Crippen LogP contribution >= 0.6 is 12.4 Å². The molecule has 3 atom stereocenters. The highest BCUT2D eigenvalue weighted by atomic mass is 35.5. The lowest BCUT2D eigenvalue weighted by Gasteiger charge is -2.25. The van der Waals surface area contributed by atoms with Crippen LogP contribution in [0, 0.1) is 5.92 Å². The molecule has 0 radical (unpaired) electrons. The fraction of sp³-hybridized carbons (Fsp3) is 0.917. The van der Waals surface area contributed by atoms with Gasteiger partial charge in [-0.1, -0.05) is 13.8 Å². The third-order valence-corrected chi connectivity index (χ3v) is 3.41. The number of likely N-dealkylation sites (tertiary alicyclic amines) is 1. The van der Waals surface area contributed by atoms with Crippen LogP contribution in [0.15, 0.2) is 0 Å². The summed E-state index contributed by atoms with van der Waals surface area (Å²) in [7, 11) is 1.61.